The van der Waals surface area contributed by atoms with Crippen LogP contribution < -0.4 is 0 Å². The molecule has 0 spiro atoms. The van der Waals surface area contributed by atoms with Crippen molar-refractivity contribution in [1.29, 1.82) is 0 Å². The zero-order valence-corrected chi connectivity index (χ0v) is 22.3. The highest BCUT2D eigenvalue weighted by Crippen LogP contribution is 2.70. The molecular weight excluding hydrogens is 484 g/mol. The maximum absolute atomic E-state index is 12.2. The summed E-state index contributed by atoms with van der Waals surface area (Å²) in [6.07, 6.45) is 0.819. The van der Waals surface area contributed by atoms with Gasteiger partial charge in [0.25, 0.3) is 0 Å². The molecule has 39 heavy (non-hydrogen) atoms. The number of fused-ring (bicyclic) bond motifs is 6. The van der Waals surface area contributed by atoms with Gasteiger partial charge < -0.3 is 10.2 Å². The third kappa shape index (κ3) is 3.30. The number of rotatable bonds is 8. The normalized spacial score (nSPS) is 15.6. The fourth-order valence-electron chi connectivity index (χ4n) is 8.11. The Kier molecular flexibility index (Phi) is 5.76. The average Bonchev–Trinajstić information content (AvgIpc) is 3.40. The first-order chi connectivity index (χ1) is 18.8. The monoisotopic (exact) mass is 516 g/mol. The highest BCUT2D eigenvalue weighted by atomic mass is 16.4. The van der Waals surface area contributed by atoms with E-state index in [9.17, 15) is 19.8 Å². The van der Waals surface area contributed by atoms with Crippen LogP contribution in [0.25, 0.3) is 22.3 Å². The molecule has 0 radical (unpaired) electrons. The molecule has 6 rings (SSSR count). The van der Waals surface area contributed by atoms with Gasteiger partial charge in [-0.3, -0.25) is 9.59 Å². The summed E-state index contributed by atoms with van der Waals surface area (Å²) in [6.45, 7) is 4.49. The maximum atomic E-state index is 12.2. The lowest BCUT2D eigenvalue weighted by atomic mass is 9.45. The van der Waals surface area contributed by atoms with Crippen molar-refractivity contribution in [3.05, 3.63) is 119 Å². The maximum Gasteiger partial charge on any atom is 0.303 e. The van der Waals surface area contributed by atoms with Crippen molar-refractivity contribution in [3.8, 4) is 22.3 Å². The summed E-state index contributed by atoms with van der Waals surface area (Å²) in [5.74, 6) is -1.67. The standard InChI is InChI=1S/C35H32O4/c1-33(2,34(21-19-31(36)37)27-15-7-3-11-23(27)24-12-4-8-16-28(24)34)35(22-20-32(38)39)29-17-9-5-13-25(29)26-14-6-10-18-30(26)35/h3-18H,19-22H2,1-2H3,(H,36,37)(H,38,39). The smallest absolute Gasteiger partial charge is 0.303 e. The molecule has 0 heterocycles. The minimum absolute atomic E-state index is 0.00437. The molecule has 4 aromatic rings. The lowest BCUT2D eigenvalue weighted by Crippen LogP contribution is -2.55. The second kappa shape index (κ2) is 8.94. The van der Waals surface area contributed by atoms with Gasteiger partial charge in [-0.25, -0.2) is 0 Å². The summed E-state index contributed by atoms with van der Waals surface area (Å²) in [5, 5.41) is 20.0. The number of carbonyl (C=O) groups is 2. The van der Waals surface area contributed by atoms with E-state index in [0.29, 0.717) is 12.8 Å². The lowest BCUT2D eigenvalue weighted by molar-refractivity contribution is -0.138. The summed E-state index contributed by atoms with van der Waals surface area (Å²) in [6, 6.07) is 33.4. The van der Waals surface area contributed by atoms with Gasteiger partial charge >= 0.3 is 11.9 Å². The second-order valence-electron chi connectivity index (χ2n) is 11.4. The number of hydrogen-bond donors (Lipinski definition) is 2. The van der Waals surface area contributed by atoms with Crippen LogP contribution in [-0.4, -0.2) is 22.2 Å². The van der Waals surface area contributed by atoms with E-state index >= 15 is 0 Å². The minimum Gasteiger partial charge on any atom is -0.481 e. The first-order valence-corrected chi connectivity index (χ1v) is 13.6. The summed E-state index contributed by atoms with van der Waals surface area (Å²) in [4.78, 5) is 24.4. The van der Waals surface area contributed by atoms with E-state index in [1.165, 1.54) is 0 Å². The van der Waals surface area contributed by atoms with Crippen molar-refractivity contribution in [1.82, 2.24) is 0 Å². The van der Waals surface area contributed by atoms with Crippen LogP contribution in [-0.2, 0) is 20.4 Å². The Balaban J connectivity index is 1.74. The third-order valence-corrected chi connectivity index (χ3v) is 9.69. The van der Waals surface area contributed by atoms with Crippen LogP contribution in [0.2, 0.25) is 0 Å². The minimum atomic E-state index is -0.834. The Morgan fingerprint density at radius 3 is 1.05 bits per heavy atom. The fraction of sp³-hybridized carbons (Fsp3) is 0.257. The molecule has 4 nitrogen and oxygen atoms in total. The number of hydrogen-bond acceptors (Lipinski definition) is 2. The van der Waals surface area contributed by atoms with E-state index in [-0.39, 0.29) is 12.8 Å². The first-order valence-electron chi connectivity index (χ1n) is 13.6. The van der Waals surface area contributed by atoms with Crippen molar-refractivity contribution >= 4 is 11.9 Å². The molecule has 2 N–H and O–H groups in total. The van der Waals surface area contributed by atoms with Crippen molar-refractivity contribution in [2.24, 2.45) is 5.41 Å². The summed E-state index contributed by atoms with van der Waals surface area (Å²) in [7, 11) is 0. The van der Waals surface area contributed by atoms with Crippen LogP contribution in [0, 0.1) is 5.41 Å². The number of aliphatic carboxylic acids is 2. The van der Waals surface area contributed by atoms with Gasteiger partial charge in [-0.05, 0) is 62.8 Å². The molecular formula is C35H32O4. The fourth-order valence-corrected chi connectivity index (χ4v) is 8.11. The molecule has 2 aliphatic carbocycles. The van der Waals surface area contributed by atoms with Crippen LogP contribution in [0.4, 0.5) is 0 Å². The first kappa shape index (κ1) is 25.1. The molecule has 196 valence electrons. The molecule has 0 unspecified atom stereocenters. The summed E-state index contributed by atoms with van der Waals surface area (Å²) >= 11 is 0. The molecule has 0 fully saturated rings. The third-order valence-electron chi connectivity index (χ3n) is 9.69. The molecule has 0 saturated carbocycles. The molecule has 0 atom stereocenters. The molecule has 0 aromatic heterocycles. The van der Waals surface area contributed by atoms with Crippen LogP contribution in [0.1, 0.15) is 61.8 Å². The molecule has 0 aliphatic heterocycles. The molecule has 4 aromatic carbocycles. The molecule has 0 amide bonds. The zero-order valence-electron chi connectivity index (χ0n) is 22.3. The van der Waals surface area contributed by atoms with Gasteiger partial charge in [0.2, 0.25) is 0 Å². The van der Waals surface area contributed by atoms with Crippen LogP contribution >= 0.6 is 0 Å². The summed E-state index contributed by atoms with van der Waals surface area (Å²) in [5.41, 5.74) is 6.99. The van der Waals surface area contributed by atoms with Crippen LogP contribution in [0.5, 0.6) is 0 Å². The quantitative estimate of drug-likeness (QED) is 0.252. The highest BCUT2D eigenvalue weighted by molar-refractivity contribution is 5.86. The van der Waals surface area contributed by atoms with Crippen LogP contribution in [0.15, 0.2) is 97.1 Å². The largest absolute Gasteiger partial charge is 0.481 e. The summed E-state index contributed by atoms with van der Waals surface area (Å²) < 4.78 is 0. The van der Waals surface area contributed by atoms with E-state index < -0.39 is 28.2 Å². The molecule has 0 bridgehead atoms. The van der Waals surface area contributed by atoms with Crippen LogP contribution in [0.3, 0.4) is 0 Å². The van der Waals surface area contributed by atoms with Gasteiger partial charge in [0, 0.05) is 23.7 Å². The van der Waals surface area contributed by atoms with Gasteiger partial charge in [0.05, 0.1) is 0 Å². The van der Waals surface area contributed by atoms with E-state index in [1.54, 1.807) is 0 Å². The van der Waals surface area contributed by atoms with Crippen molar-refractivity contribution in [3.63, 3.8) is 0 Å². The average molecular weight is 517 g/mol. The lowest BCUT2D eigenvalue weighted by Gasteiger charge is -2.57. The van der Waals surface area contributed by atoms with E-state index in [2.05, 4.69) is 62.4 Å². The number of benzene rings is 4. The Bertz CT molecular complexity index is 1400. The van der Waals surface area contributed by atoms with Gasteiger partial charge in [-0.2, -0.15) is 0 Å². The second-order valence-corrected chi connectivity index (χ2v) is 11.4. The number of carboxylic acids is 2. The Labute approximate surface area is 229 Å². The predicted octanol–water partition coefficient (Wildman–Crippen LogP) is 7.68. The molecule has 0 saturated heterocycles. The highest BCUT2D eigenvalue weighted by Gasteiger charge is 2.64. The van der Waals surface area contributed by atoms with E-state index in [0.717, 1.165) is 44.5 Å². The molecule has 2 aliphatic rings. The topological polar surface area (TPSA) is 74.6 Å². The van der Waals surface area contributed by atoms with Gasteiger partial charge in [0.1, 0.15) is 0 Å². The van der Waals surface area contributed by atoms with E-state index in [4.69, 9.17) is 0 Å². The van der Waals surface area contributed by atoms with Crippen molar-refractivity contribution in [2.75, 3.05) is 0 Å². The van der Waals surface area contributed by atoms with Crippen molar-refractivity contribution in [2.45, 2.75) is 50.4 Å². The van der Waals surface area contributed by atoms with Gasteiger partial charge in [-0.1, -0.05) is 111 Å². The Hall–Kier alpha value is -4.18. The Morgan fingerprint density at radius 1 is 0.538 bits per heavy atom. The van der Waals surface area contributed by atoms with E-state index in [1.807, 2.05) is 48.5 Å². The SMILES string of the molecule is CC(C)(C1(CCC(=O)O)c2ccccc2-c2ccccc21)C1(CCC(=O)O)c2ccccc2-c2ccccc21. The zero-order chi connectivity index (χ0) is 27.4. The van der Waals surface area contributed by atoms with Crippen molar-refractivity contribution < 1.29 is 19.8 Å². The van der Waals surface area contributed by atoms with Gasteiger partial charge in [0.15, 0.2) is 0 Å². The Morgan fingerprint density at radius 2 is 0.795 bits per heavy atom. The molecule has 4 heteroatoms. The number of carboxylic acid groups (broad SMARTS) is 2. The predicted molar refractivity (Wildman–Crippen MR) is 153 cm³/mol. The van der Waals surface area contributed by atoms with Gasteiger partial charge in [-0.15, -0.1) is 0 Å².